The predicted molar refractivity (Wildman–Crippen MR) is 60.4 cm³/mol. The van der Waals surface area contributed by atoms with Gasteiger partial charge >= 0.3 is 8.80 Å². The molecule has 0 saturated heterocycles. The van der Waals surface area contributed by atoms with Crippen LogP contribution in [-0.2, 0) is 13.3 Å². The minimum Gasteiger partial charge on any atom is -0.377 e. The monoisotopic (exact) mass is 262 g/mol. The Morgan fingerprint density at radius 2 is 1.62 bits per heavy atom. The molecule has 0 aliphatic heterocycles. The second kappa shape index (κ2) is 7.22. The van der Waals surface area contributed by atoms with Gasteiger partial charge in [0.05, 0.1) is 14.0 Å². The predicted octanol–water partition coefficient (Wildman–Crippen LogP) is 1.21. The summed E-state index contributed by atoms with van der Waals surface area (Å²) in [6, 6.07) is 1.79. The van der Waals surface area contributed by atoms with Gasteiger partial charge in [-0.2, -0.15) is 0 Å². The third kappa shape index (κ3) is 5.36. The molecule has 0 aromatic carbocycles. The third-order valence-electron chi connectivity index (χ3n) is 1.84. The zero-order valence-electron chi connectivity index (χ0n) is 8.18. The van der Waals surface area contributed by atoms with Crippen LogP contribution in [0.4, 0.5) is 0 Å². The lowest BCUT2D eigenvalue weighted by Crippen LogP contribution is -2.42. The van der Waals surface area contributed by atoms with Gasteiger partial charge in [-0.05, 0) is 0 Å². The minimum atomic E-state index is -2.37. The summed E-state index contributed by atoms with van der Waals surface area (Å²) in [7, 11) is 2.03. The summed E-state index contributed by atoms with van der Waals surface area (Å²) in [5.74, 6) is 0. The van der Waals surface area contributed by atoms with Gasteiger partial charge < -0.3 is 13.3 Å². The Morgan fingerprint density at radius 1 is 1.15 bits per heavy atom. The molecule has 0 atom stereocenters. The Balaban J connectivity index is 3.81. The average molecular weight is 263 g/mol. The van der Waals surface area contributed by atoms with Crippen molar-refractivity contribution < 1.29 is 13.3 Å². The first-order chi connectivity index (χ1) is 6.10. The Kier molecular flexibility index (Phi) is 7.72. The van der Waals surface area contributed by atoms with E-state index < -0.39 is 18.3 Å². The summed E-state index contributed by atoms with van der Waals surface area (Å²) < 4.78 is 15.6. The van der Waals surface area contributed by atoms with Gasteiger partial charge in [0.2, 0.25) is 0 Å². The summed E-state index contributed by atoms with van der Waals surface area (Å²) in [6.07, 6.45) is 0. The molecule has 7 heteroatoms. The van der Waals surface area contributed by atoms with Gasteiger partial charge in [0, 0.05) is 27.4 Å². The van der Waals surface area contributed by atoms with Crippen molar-refractivity contribution in [2.45, 2.75) is 16.5 Å². The molecule has 0 spiro atoms. The first kappa shape index (κ1) is 13.9. The quantitative estimate of drug-likeness (QED) is 0.510. The van der Waals surface area contributed by atoms with Gasteiger partial charge in [-0.15, -0.1) is 23.2 Å². The minimum absolute atomic E-state index is 0.183. The van der Waals surface area contributed by atoms with Crippen molar-refractivity contribution in [3.63, 3.8) is 0 Å². The van der Waals surface area contributed by atoms with Crippen LogP contribution in [0.1, 0.15) is 0 Å². The van der Waals surface area contributed by atoms with Crippen LogP contribution >= 0.6 is 23.2 Å². The van der Waals surface area contributed by atoms with Gasteiger partial charge in [-0.1, -0.05) is 6.04 Å². The molecular formula is C6H16Cl2O3Si2. The molecule has 0 aliphatic carbocycles. The van der Waals surface area contributed by atoms with Crippen LogP contribution in [0.2, 0.25) is 12.1 Å². The zero-order chi connectivity index (χ0) is 10.3. The fourth-order valence-corrected chi connectivity index (χ4v) is 5.92. The van der Waals surface area contributed by atoms with Crippen molar-refractivity contribution in [2.75, 3.05) is 21.3 Å². The second-order valence-corrected chi connectivity index (χ2v) is 10.1. The number of alkyl halides is 2. The fraction of sp³-hybridized carbons (Fsp3) is 1.00. The number of rotatable bonds is 7. The van der Waals surface area contributed by atoms with Gasteiger partial charge in [0.1, 0.15) is 0 Å². The van der Waals surface area contributed by atoms with Gasteiger partial charge in [-0.3, -0.25) is 0 Å². The summed E-state index contributed by atoms with van der Waals surface area (Å²) >= 11 is 11.3. The molecule has 0 N–H and O–H groups in total. The Hall–Kier alpha value is 0.894. The van der Waals surface area contributed by atoms with Crippen LogP contribution in [0.5, 0.6) is 0 Å². The van der Waals surface area contributed by atoms with Crippen LogP contribution in [0, 0.1) is 0 Å². The lowest BCUT2D eigenvalue weighted by Gasteiger charge is -2.24. The topological polar surface area (TPSA) is 27.7 Å². The summed E-state index contributed by atoms with van der Waals surface area (Å²) in [5, 5.41) is 0. The van der Waals surface area contributed by atoms with Gasteiger partial charge in [-0.25, -0.2) is 0 Å². The molecule has 0 radical (unpaired) electrons. The van der Waals surface area contributed by atoms with Crippen molar-refractivity contribution in [3.8, 4) is 0 Å². The zero-order valence-corrected chi connectivity index (χ0v) is 12.1. The molecule has 0 unspecified atom stereocenters. The van der Waals surface area contributed by atoms with E-state index in [1.807, 2.05) is 0 Å². The van der Waals surface area contributed by atoms with E-state index in [0.717, 1.165) is 12.1 Å². The molecule has 80 valence electrons. The third-order valence-corrected chi connectivity index (χ3v) is 7.88. The maximum Gasteiger partial charge on any atom is 0.499 e. The normalized spacial score (nSPS) is 13.4. The maximum atomic E-state index is 5.66. The molecule has 0 rings (SSSR count). The van der Waals surface area contributed by atoms with Crippen LogP contribution in [0.3, 0.4) is 0 Å². The van der Waals surface area contributed by atoms with Crippen molar-refractivity contribution in [1.29, 1.82) is 0 Å². The molecule has 0 aromatic heterocycles. The summed E-state index contributed by atoms with van der Waals surface area (Å²) in [5.41, 5.74) is 0. The summed E-state index contributed by atoms with van der Waals surface area (Å²) in [4.78, 5) is 0. The van der Waals surface area contributed by atoms with Crippen LogP contribution in [0.15, 0.2) is 0 Å². The average Bonchev–Trinajstić information content (AvgIpc) is 2.13. The van der Waals surface area contributed by atoms with E-state index in [2.05, 4.69) is 0 Å². The molecule has 0 heterocycles. The van der Waals surface area contributed by atoms with E-state index in [4.69, 9.17) is 36.5 Å². The van der Waals surface area contributed by atoms with Crippen LogP contribution in [-0.4, -0.2) is 44.1 Å². The maximum absolute atomic E-state index is 5.66. The highest BCUT2D eigenvalue weighted by atomic mass is 35.5. The fourth-order valence-electron chi connectivity index (χ4n) is 1.03. The highest BCUT2D eigenvalue weighted by Gasteiger charge is 2.36. The van der Waals surface area contributed by atoms with Crippen molar-refractivity contribution >= 4 is 41.5 Å². The lowest BCUT2D eigenvalue weighted by atomic mass is 10.9. The molecule has 0 aliphatic rings. The van der Waals surface area contributed by atoms with Gasteiger partial charge in [0.25, 0.3) is 0 Å². The Morgan fingerprint density at radius 3 is 1.92 bits per heavy atom. The van der Waals surface area contributed by atoms with Crippen LogP contribution in [0.25, 0.3) is 0 Å². The standard InChI is InChI=1S/C6H16Cl2O3Si2/c1-9-13(10-2,11-3)5-4-12-6(7)8/h6H,4-5,12H2,1-3H3. The number of hydrogen-bond donors (Lipinski definition) is 0. The Labute approximate surface area is 92.8 Å². The smallest absolute Gasteiger partial charge is 0.377 e. The molecule has 0 saturated carbocycles. The van der Waals surface area contributed by atoms with Crippen LogP contribution < -0.4 is 0 Å². The highest BCUT2D eigenvalue weighted by molar-refractivity contribution is 6.70. The van der Waals surface area contributed by atoms with Crippen molar-refractivity contribution in [3.05, 3.63) is 0 Å². The Bertz CT molecular complexity index is 125. The molecule has 0 amide bonds. The number of hydrogen-bond acceptors (Lipinski definition) is 3. The van der Waals surface area contributed by atoms with E-state index in [1.54, 1.807) is 21.3 Å². The molecule has 0 fully saturated rings. The van der Waals surface area contributed by atoms with E-state index in [0.29, 0.717) is 0 Å². The molecule has 13 heavy (non-hydrogen) atoms. The van der Waals surface area contributed by atoms with E-state index in [-0.39, 0.29) is 4.46 Å². The number of halogens is 2. The van der Waals surface area contributed by atoms with E-state index in [9.17, 15) is 0 Å². The first-order valence-electron chi connectivity index (χ1n) is 4.04. The molecule has 0 bridgehead atoms. The van der Waals surface area contributed by atoms with Crippen molar-refractivity contribution in [2.24, 2.45) is 0 Å². The van der Waals surface area contributed by atoms with E-state index in [1.165, 1.54) is 0 Å². The molecule has 0 aromatic rings. The SMILES string of the molecule is CO[Si](CC[SiH2]C(Cl)Cl)(OC)OC. The first-order valence-corrected chi connectivity index (χ1v) is 8.66. The lowest BCUT2D eigenvalue weighted by molar-refractivity contribution is 0.125. The van der Waals surface area contributed by atoms with E-state index >= 15 is 0 Å². The molecule has 3 nitrogen and oxygen atoms in total. The van der Waals surface area contributed by atoms with Crippen molar-refractivity contribution in [1.82, 2.24) is 0 Å². The highest BCUT2D eigenvalue weighted by Crippen LogP contribution is 2.16. The largest absolute Gasteiger partial charge is 0.499 e. The molecular weight excluding hydrogens is 247 g/mol. The summed E-state index contributed by atoms with van der Waals surface area (Å²) in [6.45, 7) is 0. The second-order valence-electron chi connectivity index (χ2n) is 2.58. The van der Waals surface area contributed by atoms with Gasteiger partial charge in [0.15, 0.2) is 0 Å².